The van der Waals surface area contributed by atoms with Crippen LogP contribution in [0, 0.1) is 0 Å². The standard InChI is InChI=1S/C22H28N6O3S/c1-3-32-22-25-20(27-11-4-5-12-27)18-14-24-28(21(18)26-22)13-10-23-19(29)15-31-17-8-6-16(30-2)7-9-17/h6-9,14H,3-5,10-13,15H2,1-2H3,(H,23,29). The van der Waals surface area contributed by atoms with E-state index in [0.29, 0.717) is 18.8 Å². The van der Waals surface area contributed by atoms with Crippen molar-refractivity contribution in [2.24, 2.45) is 0 Å². The zero-order valence-corrected chi connectivity index (χ0v) is 19.2. The quantitative estimate of drug-likeness (QED) is 0.368. The summed E-state index contributed by atoms with van der Waals surface area (Å²) in [6, 6.07) is 7.12. The summed E-state index contributed by atoms with van der Waals surface area (Å²) in [7, 11) is 1.61. The van der Waals surface area contributed by atoms with E-state index in [-0.39, 0.29) is 12.5 Å². The van der Waals surface area contributed by atoms with Gasteiger partial charge in [-0.2, -0.15) is 5.10 Å². The number of methoxy groups -OCH3 is 1. The van der Waals surface area contributed by atoms with Crippen molar-refractivity contribution in [1.29, 1.82) is 0 Å². The average molecular weight is 457 g/mol. The number of benzene rings is 1. The largest absolute Gasteiger partial charge is 0.497 e. The van der Waals surface area contributed by atoms with E-state index in [1.807, 2.05) is 10.9 Å². The first-order valence-corrected chi connectivity index (χ1v) is 11.8. The molecule has 32 heavy (non-hydrogen) atoms. The molecule has 3 aromatic rings. The second-order valence-corrected chi connectivity index (χ2v) is 8.61. The van der Waals surface area contributed by atoms with Crippen LogP contribution in [0.2, 0.25) is 0 Å². The van der Waals surface area contributed by atoms with Gasteiger partial charge in [-0.25, -0.2) is 14.6 Å². The van der Waals surface area contributed by atoms with E-state index in [1.54, 1.807) is 43.1 Å². The van der Waals surface area contributed by atoms with Crippen molar-refractivity contribution in [3.63, 3.8) is 0 Å². The molecule has 9 nitrogen and oxygen atoms in total. The van der Waals surface area contributed by atoms with Crippen LogP contribution in [0.1, 0.15) is 19.8 Å². The summed E-state index contributed by atoms with van der Waals surface area (Å²) < 4.78 is 12.5. The molecule has 1 N–H and O–H groups in total. The van der Waals surface area contributed by atoms with Gasteiger partial charge in [-0.1, -0.05) is 18.7 Å². The van der Waals surface area contributed by atoms with E-state index in [0.717, 1.165) is 46.6 Å². The van der Waals surface area contributed by atoms with Crippen LogP contribution in [0.3, 0.4) is 0 Å². The molecule has 0 atom stereocenters. The first-order chi connectivity index (χ1) is 15.7. The molecule has 0 radical (unpaired) electrons. The number of amides is 1. The van der Waals surface area contributed by atoms with Crippen LogP contribution in [0.25, 0.3) is 11.0 Å². The lowest BCUT2D eigenvalue weighted by Crippen LogP contribution is -2.31. The first-order valence-electron chi connectivity index (χ1n) is 10.8. The van der Waals surface area contributed by atoms with Gasteiger partial charge in [-0.15, -0.1) is 0 Å². The summed E-state index contributed by atoms with van der Waals surface area (Å²) in [5.41, 5.74) is 0.807. The van der Waals surface area contributed by atoms with Crippen LogP contribution in [-0.2, 0) is 11.3 Å². The predicted octanol–water partition coefficient (Wildman–Crippen LogP) is 2.74. The molecule has 0 saturated carbocycles. The van der Waals surface area contributed by atoms with Crippen LogP contribution in [0.5, 0.6) is 11.5 Å². The van der Waals surface area contributed by atoms with E-state index in [4.69, 9.17) is 19.4 Å². The number of thioether (sulfide) groups is 1. The Balaban J connectivity index is 1.36. The molecule has 4 rings (SSSR count). The van der Waals surface area contributed by atoms with Gasteiger partial charge in [0.2, 0.25) is 0 Å². The molecule has 1 aliphatic heterocycles. The maximum absolute atomic E-state index is 12.2. The zero-order chi connectivity index (χ0) is 22.3. The number of nitrogens with zero attached hydrogens (tertiary/aromatic N) is 5. The van der Waals surface area contributed by atoms with Crippen molar-refractivity contribution in [3.8, 4) is 11.5 Å². The van der Waals surface area contributed by atoms with Crippen molar-refractivity contribution in [2.75, 3.05) is 44.0 Å². The Kier molecular flexibility index (Phi) is 7.31. The minimum absolute atomic E-state index is 0.0508. The van der Waals surface area contributed by atoms with Gasteiger partial charge >= 0.3 is 0 Å². The van der Waals surface area contributed by atoms with E-state index in [1.165, 1.54) is 12.8 Å². The molecule has 0 spiro atoms. The minimum atomic E-state index is -0.188. The fourth-order valence-corrected chi connectivity index (χ4v) is 4.18. The van der Waals surface area contributed by atoms with Crippen LogP contribution < -0.4 is 19.7 Å². The van der Waals surface area contributed by atoms with Crippen LogP contribution in [0.15, 0.2) is 35.6 Å². The Morgan fingerprint density at radius 2 is 1.91 bits per heavy atom. The van der Waals surface area contributed by atoms with Crippen molar-refractivity contribution >= 4 is 34.5 Å². The molecule has 0 bridgehead atoms. The normalized spacial score (nSPS) is 13.5. The van der Waals surface area contributed by atoms with E-state index in [9.17, 15) is 4.79 Å². The molecule has 1 amide bonds. The van der Waals surface area contributed by atoms with Crippen LogP contribution in [-0.4, -0.2) is 64.8 Å². The van der Waals surface area contributed by atoms with Gasteiger partial charge in [-0.3, -0.25) is 4.79 Å². The number of rotatable bonds is 10. The number of ether oxygens (including phenoxy) is 2. The van der Waals surface area contributed by atoms with E-state index >= 15 is 0 Å². The average Bonchev–Trinajstić information content (AvgIpc) is 3.48. The smallest absolute Gasteiger partial charge is 0.258 e. The van der Waals surface area contributed by atoms with Gasteiger partial charge in [0.1, 0.15) is 17.3 Å². The summed E-state index contributed by atoms with van der Waals surface area (Å²) in [5, 5.41) is 9.12. The Morgan fingerprint density at radius 1 is 1.16 bits per heavy atom. The monoisotopic (exact) mass is 456 g/mol. The molecule has 170 valence electrons. The Morgan fingerprint density at radius 3 is 2.62 bits per heavy atom. The highest BCUT2D eigenvalue weighted by Gasteiger charge is 2.20. The third kappa shape index (κ3) is 5.24. The second kappa shape index (κ2) is 10.5. The second-order valence-electron chi connectivity index (χ2n) is 7.38. The summed E-state index contributed by atoms with van der Waals surface area (Å²) in [6.45, 7) is 5.01. The molecule has 10 heteroatoms. The molecular formula is C22H28N6O3S. The lowest BCUT2D eigenvalue weighted by atomic mass is 10.3. The fourth-order valence-electron chi connectivity index (χ4n) is 3.62. The van der Waals surface area contributed by atoms with Gasteiger partial charge in [0.25, 0.3) is 5.91 Å². The number of nitrogens with one attached hydrogen (secondary N) is 1. The molecule has 1 aromatic carbocycles. The lowest BCUT2D eigenvalue weighted by Gasteiger charge is -2.17. The predicted molar refractivity (Wildman–Crippen MR) is 125 cm³/mol. The maximum Gasteiger partial charge on any atom is 0.258 e. The van der Waals surface area contributed by atoms with Gasteiger partial charge in [0.05, 0.1) is 25.2 Å². The number of carbonyl (C=O) groups excluding carboxylic acids is 1. The van der Waals surface area contributed by atoms with E-state index < -0.39 is 0 Å². The third-order valence-corrected chi connectivity index (χ3v) is 5.94. The lowest BCUT2D eigenvalue weighted by molar-refractivity contribution is -0.123. The summed E-state index contributed by atoms with van der Waals surface area (Å²) in [5.74, 6) is 3.04. The number of hydrogen-bond acceptors (Lipinski definition) is 8. The molecule has 3 heterocycles. The molecule has 0 aliphatic carbocycles. The first kappa shape index (κ1) is 22.2. The Hall–Kier alpha value is -3.01. The molecule has 2 aromatic heterocycles. The van der Waals surface area contributed by atoms with E-state index in [2.05, 4.69) is 22.2 Å². The summed E-state index contributed by atoms with van der Waals surface area (Å²) in [6.07, 6.45) is 4.19. The number of anilines is 1. The van der Waals surface area contributed by atoms with Gasteiger partial charge < -0.3 is 19.7 Å². The third-order valence-electron chi connectivity index (χ3n) is 5.21. The van der Waals surface area contributed by atoms with Crippen molar-refractivity contribution in [2.45, 2.75) is 31.5 Å². The number of aromatic nitrogens is 4. The molecule has 1 aliphatic rings. The Bertz CT molecular complexity index is 1050. The highest BCUT2D eigenvalue weighted by atomic mass is 32.2. The fraction of sp³-hybridized carbons (Fsp3) is 0.455. The number of hydrogen-bond donors (Lipinski definition) is 1. The molecule has 1 fully saturated rings. The van der Waals surface area contributed by atoms with Crippen LogP contribution >= 0.6 is 11.8 Å². The maximum atomic E-state index is 12.2. The van der Waals surface area contributed by atoms with Crippen molar-refractivity contribution < 1.29 is 14.3 Å². The molecular weight excluding hydrogens is 428 g/mol. The number of carbonyl (C=O) groups is 1. The van der Waals surface area contributed by atoms with Crippen molar-refractivity contribution in [3.05, 3.63) is 30.5 Å². The van der Waals surface area contributed by atoms with Crippen molar-refractivity contribution in [1.82, 2.24) is 25.1 Å². The van der Waals surface area contributed by atoms with Gasteiger partial charge in [0.15, 0.2) is 17.4 Å². The van der Waals surface area contributed by atoms with Crippen LogP contribution in [0.4, 0.5) is 5.82 Å². The Labute approximate surface area is 191 Å². The summed E-state index contributed by atoms with van der Waals surface area (Å²) >= 11 is 1.63. The summed E-state index contributed by atoms with van der Waals surface area (Å²) in [4.78, 5) is 24.0. The SMILES string of the molecule is CCSc1nc(N2CCCC2)c2cnn(CCNC(=O)COc3ccc(OC)cc3)c2n1. The minimum Gasteiger partial charge on any atom is -0.497 e. The zero-order valence-electron chi connectivity index (χ0n) is 18.4. The topological polar surface area (TPSA) is 94.4 Å². The van der Waals surface area contributed by atoms with Gasteiger partial charge in [0, 0.05) is 19.6 Å². The highest BCUT2D eigenvalue weighted by Crippen LogP contribution is 2.29. The number of fused-ring (bicyclic) bond motifs is 1. The molecule has 1 saturated heterocycles. The highest BCUT2D eigenvalue weighted by molar-refractivity contribution is 7.99. The van der Waals surface area contributed by atoms with Gasteiger partial charge in [-0.05, 0) is 42.9 Å². The molecule has 0 unspecified atom stereocenters.